The third-order valence-electron chi connectivity index (χ3n) is 3.50. The largest absolute Gasteiger partial charge is 0.350 e. The summed E-state index contributed by atoms with van der Waals surface area (Å²) >= 11 is 0. The van der Waals surface area contributed by atoms with Gasteiger partial charge in [-0.05, 0) is 47.2 Å². The third kappa shape index (κ3) is 3.62. The monoisotopic (exact) mass is 329 g/mol. The number of tetrazole rings is 1. The molecule has 0 fully saturated rings. The van der Waals surface area contributed by atoms with Gasteiger partial charge in [0.05, 0.1) is 6.54 Å². The first-order valence-electron chi connectivity index (χ1n) is 7.47. The maximum atomic E-state index is 12.9. The number of hydrogen-bond donors (Lipinski definition) is 1. The lowest BCUT2D eigenvalue weighted by atomic mass is 10.2. The molecule has 1 N–H and O–H groups in total. The van der Waals surface area contributed by atoms with Gasteiger partial charge >= 0.3 is 0 Å². The second kappa shape index (κ2) is 6.99. The molecule has 0 unspecified atom stereocenters. The number of likely N-dealkylation sites (N-methyl/N-ethyl adjacent to an activating group) is 1. The lowest BCUT2D eigenvalue weighted by Gasteiger charge is -2.20. The molecule has 0 saturated carbocycles. The molecule has 0 atom stereocenters. The van der Waals surface area contributed by atoms with Gasteiger partial charge < -0.3 is 10.2 Å². The van der Waals surface area contributed by atoms with E-state index in [9.17, 15) is 9.18 Å². The van der Waals surface area contributed by atoms with E-state index in [2.05, 4.69) is 25.9 Å². The Morgan fingerprint density at radius 1 is 1.25 bits per heavy atom. The van der Waals surface area contributed by atoms with Crippen LogP contribution in [0.15, 0.2) is 36.4 Å². The number of hydrogen-bond acceptors (Lipinski definition) is 6. The number of carbonyl (C=O) groups is 1. The third-order valence-corrected chi connectivity index (χ3v) is 3.50. The van der Waals surface area contributed by atoms with Crippen LogP contribution in [0.3, 0.4) is 0 Å². The number of halogens is 1. The predicted molar refractivity (Wildman–Crippen MR) is 84.7 cm³/mol. The zero-order valence-corrected chi connectivity index (χ0v) is 13.1. The second-order valence-corrected chi connectivity index (χ2v) is 5.14. The van der Waals surface area contributed by atoms with Crippen molar-refractivity contribution < 1.29 is 9.18 Å². The smallest absolute Gasteiger partial charge is 0.239 e. The minimum absolute atomic E-state index is 0.151. The lowest BCUT2D eigenvalue weighted by molar-refractivity contribution is -0.119. The Morgan fingerprint density at radius 2 is 2.04 bits per heavy atom. The highest BCUT2D eigenvalue weighted by Gasteiger charge is 2.12. The number of rotatable bonds is 6. The summed E-state index contributed by atoms with van der Waals surface area (Å²) in [7, 11) is 0. The molecule has 3 aromatic rings. The van der Waals surface area contributed by atoms with E-state index in [0.717, 1.165) is 5.56 Å². The van der Waals surface area contributed by atoms with Gasteiger partial charge in [0.1, 0.15) is 5.82 Å². The van der Waals surface area contributed by atoms with E-state index in [1.807, 2.05) is 6.92 Å². The number of amides is 1. The van der Waals surface area contributed by atoms with Crippen LogP contribution < -0.4 is 10.2 Å². The van der Waals surface area contributed by atoms with Crippen LogP contribution in [0.1, 0.15) is 12.5 Å². The molecule has 0 bridgehead atoms. The summed E-state index contributed by atoms with van der Waals surface area (Å²) in [4.78, 5) is 13.9. The molecule has 2 aromatic heterocycles. The molecule has 1 amide bonds. The van der Waals surface area contributed by atoms with Crippen LogP contribution in [0.2, 0.25) is 0 Å². The zero-order valence-electron chi connectivity index (χ0n) is 13.1. The molecule has 8 nitrogen and oxygen atoms in total. The van der Waals surface area contributed by atoms with Crippen LogP contribution in [0.5, 0.6) is 0 Å². The topological polar surface area (TPSA) is 88.3 Å². The van der Waals surface area contributed by atoms with Crippen molar-refractivity contribution in [2.24, 2.45) is 0 Å². The van der Waals surface area contributed by atoms with E-state index in [1.54, 1.807) is 29.2 Å². The maximum Gasteiger partial charge on any atom is 0.239 e. The van der Waals surface area contributed by atoms with Crippen molar-refractivity contribution in [1.82, 2.24) is 30.6 Å². The minimum Gasteiger partial charge on any atom is -0.350 e. The molecule has 0 radical (unpaired) electrons. The first kappa shape index (κ1) is 15.8. The lowest BCUT2D eigenvalue weighted by Crippen LogP contribution is -2.37. The Bertz CT molecular complexity index is 833. The summed E-state index contributed by atoms with van der Waals surface area (Å²) in [5.41, 5.74) is 1.37. The van der Waals surface area contributed by atoms with Crippen LogP contribution in [0, 0.1) is 5.82 Å². The first-order chi connectivity index (χ1) is 11.7. The fourth-order valence-corrected chi connectivity index (χ4v) is 2.20. The van der Waals surface area contributed by atoms with Crippen molar-refractivity contribution in [2.45, 2.75) is 13.5 Å². The molecule has 0 spiro atoms. The van der Waals surface area contributed by atoms with Crippen LogP contribution in [0.25, 0.3) is 5.65 Å². The zero-order chi connectivity index (χ0) is 16.9. The molecule has 24 heavy (non-hydrogen) atoms. The van der Waals surface area contributed by atoms with Crippen molar-refractivity contribution in [3.05, 3.63) is 47.8 Å². The first-order valence-corrected chi connectivity index (χ1v) is 7.47. The minimum atomic E-state index is -0.300. The Labute approximate surface area is 137 Å². The van der Waals surface area contributed by atoms with E-state index >= 15 is 0 Å². The van der Waals surface area contributed by atoms with Gasteiger partial charge in [0, 0.05) is 13.1 Å². The molecular weight excluding hydrogens is 313 g/mol. The molecule has 0 aliphatic carbocycles. The molecule has 0 aliphatic heterocycles. The normalized spacial score (nSPS) is 10.8. The number of nitrogens with one attached hydrogen (secondary N) is 1. The highest BCUT2D eigenvalue weighted by atomic mass is 19.1. The Hall–Kier alpha value is -3.10. The second-order valence-electron chi connectivity index (χ2n) is 5.14. The van der Waals surface area contributed by atoms with Gasteiger partial charge in [0.15, 0.2) is 11.5 Å². The van der Waals surface area contributed by atoms with Crippen molar-refractivity contribution in [1.29, 1.82) is 0 Å². The number of carbonyl (C=O) groups excluding carboxylic acids is 1. The van der Waals surface area contributed by atoms with Gasteiger partial charge in [-0.15, -0.1) is 14.8 Å². The van der Waals surface area contributed by atoms with Crippen molar-refractivity contribution in [3.8, 4) is 0 Å². The number of aromatic nitrogens is 5. The Kier molecular flexibility index (Phi) is 4.59. The van der Waals surface area contributed by atoms with Crippen LogP contribution in [-0.2, 0) is 11.3 Å². The van der Waals surface area contributed by atoms with E-state index in [4.69, 9.17) is 0 Å². The van der Waals surface area contributed by atoms with E-state index < -0.39 is 0 Å². The molecule has 1 aromatic carbocycles. The van der Waals surface area contributed by atoms with Gasteiger partial charge in [-0.1, -0.05) is 12.1 Å². The van der Waals surface area contributed by atoms with Crippen LogP contribution in [-0.4, -0.2) is 44.3 Å². The summed E-state index contributed by atoms with van der Waals surface area (Å²) in [6.07, 6.45) is 0. The van der Waals surface area contributed by atoms with E-state index in [0.29, 0.717) is 24.6 Å². The quantitative estimate of drug-likeness (QED) is 0.720. The van der Waals surface area contributed by atoms with Crippen molar-refractivity contribution in [2.75, 3.05) is 18.0 Å². The average Bonchev–Trinajstić information content (AvgIpc) is 3.07. The number of nitrogens with zero attached hydrogens (tertiary/aromatic N) is 6. The van der Waals surface area contributed by atoms with Gasteiger partial charge in [0.2, 0.25) is 5.91 Å². The van der Waals surface area contributed by atoms with Crippen LogP contribution >= 0.6 is 0 Å². The summed E-state index contributed by atoms with van der Waals surface area (Å²) in [6.45, 7) is 3.03. The molecular formula is C15H16FN7O. The molecule has 2 heterocycles. The van der Waals surface area contributed by atoms with Gasteiger partial charge in [-0.25, -0.2) is 4.39 Å². The van der Waals surface area contributed by atoms with Gasteiger partial charge in [0.25, 0.3) is 0 Å². The highest BCUT2D eigenvalue weighted by Crippen LogP contribution is 2.10. The van der Waals surface area contributed by atoms with E-state index in [-0.39, 0.29) is 18.3 Å². The summed E-state index contributed by atoms with van der Waals surface area (Å²) in [6, 6.07) is 9.51. The van der Waals surface area contributed by atoms with Crippen molar-refractivity contribution >= 4 is 17.4 Å². The highest BCUT2D eigenvalue weighted by molar-refractivity contribution is 5.81. The maximum absolute atomic E-state index is 12.9. The number of fused-ring (bicyclic) bond motifs is 1. The van der Waals surface area contributed by atoms with E-state index in [1.165, 1.54) is 16.8 Å². The molecule has 0 saturated heterocycles. The predicted octanol–water partition coefficient (Wildman–Crippen LogP) is 0.801. The fourth-order valence-electron chi connectivity index (χ4n) is 2.20. The number of anilines is 1. The molecule has 124 valence electrons. The Balaban J connectivity index is 1.61. The molecule has 3 rings (SSSR count). The fraction of sp³-hybridized carbons (Fsp3) is 0.267. The van der Waals surface area contributed by atoms with Gasteiger partial charge in [-0.2, -0.15) is 0 Å². The summed E-state index contributed by atoms with van der Waals surface area (Å²) < 4.78 is 14.2. The van der Waals surface area contributed by atoms with Gasteiger partial charge in [-0.3, -0.25) is 4.79 Å². The number of benzene rings is 1. The standard InChI is InChI=1S/C15H16FN7O/c1-2-22(14-8-7-13-18-20-21-23(13)19-14)10-15(24)17-9-11-3-5-12(16)6-4-11/h3-8H,2,9-10H2,1H3,(H,17,24). The van der Waals surface area contributed by atoms with Crippen molar-refractivity contribution in [3.63, 3.8) is 0 Å². The average molecular weight is 329 g/mol. The summed E-state index contributed by atoms with van der Waals surface area (Å²) in [5.74, 6) is 0.153. The summed E-state index contributed by atoms with van der Waals surface area (Å²) in [5, 5.41) is 18.1. The SMILES string of the molecule is CCN(CC(=O)NCc1ccc(F)cc1)c1ccc2nnnn2n1. The Morgan fingerprint density at radius 3 is 2.79 bits per heavy atom. The molecule has 9 heteroatoms. The molecule has 0 aliphatic rings. The van der Waals surface area contributed by atoms with Crippen LogP contribution in [0.4, 0.5) is 10.2 Å².